The Kier molecular flexibility index (Phi) is 4.26. The Morgan fingerprint density at radius 1 is 1.12 bits per heavy atom. The Balaban J connectivity index is 2.12. The van der Waals surface area contributed by atoms with Crippen LogP contribution in [-0.4, -0.2) is 26.1 Å². The van der Waals surface area contributed by atoms with Crippen LogP contribution in [0.15, 0.2) is 42.5 Å². The fourth-order valence-electron chi connectivity index (χ4n) is 2.29. The van der Waals surface area contributed by atoms with E-state index in [9.17, 15) is 18.7 Å². The van der Waals surface area contributed by atoms with E-state index in [2.05, 4.69) is 10.3 Å². The van der Waals surface area contributed by atoms with Crippen LogP contribution in [0.4, 0.5) is 8.78 Å². The molecule has 0 aliphatic heterocycles. The minimum atomic E-state index is -1.29. The van der Waals surface area contributed by atoms with Gasteiger partial charge in [-0.05, 0) is 24.3 Å². The molecule has 122 valence electrons. The van der Waals surface area contributed by atoms with Gasteiger partial charge in [0, 0.05) is 16.1 Å². The highest BCUT2D eigenvalue weighted by Crippen LogP contribution is 2.25. The molecule has 5 nitrogen and oxygen atoms in total. The number of carboxylic acid groups (broad SMARTS) is 1. The topological polar surface area (TPSA) is 68.0 Å². The maximum absolute atomic E-state index is 13.9. The average Bonchev–Trinajstić information content (AvgIpc) is 2.96. The number of benzene rings is 2. The molecule has 24 heavy (non-hydrogen) atoms. The second-order valence-electron chi connectivity index (χ2n) is 4.96. The summed E-state index contributed by atoms with van der Waals surface area (Å²) in [7, 11) is 0. The molecule has 0 saturated heterocycles. The third-order valence-corrected chi connectivity index (χ3v) is 3.68. The molecule has 1 N–H and O–H groups in total. The lowest BCUT2D eigenvalue weighted by Crippen LogP contribution is -2.09. The van der Waals surface area contributed by atoms with Crippen LogP contribution < -0.4 is 0 Å². The molecule has 0 fully saturated rings. The number of aromatic nitrogens is 3. The van der Waals surface area contributed by atoms with Gasteiger partial charge in [0.1, 0.15) is 17.3 Å². The number of hydrogen-bond acceptors (Lipinski definition) is 3. The minimum Gasteiger partial charge on any atom is -0.476 e. The summed E-state index contributed by atoms with van der Waals surface area (Å²) in [6.07, 6.45) is 0. The molecule has 0 atom stereocenters. The number of halogens is 3. The van der Waals surface area contributed by atoms with Crippen LogP contribution in [0.3, 0.4) is 0 Å². The Morgan fingerprint density at radius 2 is 1.75 bits per heavy atom. The van der Waals surface area contributed by atoms with Gasteiger partial charge in [0.2, 0.25) is 0 Å². The second kappa shape index (κ2) is 6.37. The minimum absolute atomic E-state index is 0.141. The first-order valence-electron chi connectivity index (χ1n) is 6.83. The molecule has 3 rings (SSSR count). The summed E-state index contributed by atoms with van der Waals surface area (Å²) in [5.41, 5.74) is 0.0731. The number of nitrogens with zero attached hydrogens (tertiary/aromatic N) is 3. The van der Waals surface area contributed by atoms with Gasteiger partial charge >= 0.3 is 5.97 Å². The van der Waals surface area contributed by atoms with Gasteiger partial charge in [-0.3, -0.25) is 0 Å². The second-order valence-corrected chi connectivity index (χ2v) is 5.39. The third kappa shape index (κ3) is 2.98. The van der Waals surface area contributed by atoms with Crippen molar-refractivity contribution in [2.75, 3.05) is 0 Å². The summed E-state index contributed by atoms with van der Waals surface area (Å²) >= 11 is 5.83. The van der Waals surface area contributed by atoms with Crippen molar-refractivity contribution < 1.29 is 18.7 Å². The van der Waals surface area contributed by atoms with Gasteiger partial charge in [0.25, 0.3) is 0 Å². The van der Waals surface area contributed by atoms with Crippen LogP contribution >= 0.6 is 11.6 Å². The molecule has 0 aliphatic rings. The highest BCUT2D eigenvalue weighted by Gasteiger charge is 2.22. The molecule has 0 saturated carbocycles. The fraction of sp³-hybridized carbons (Fsp3) is 0.0625. The lowest BCUT2D eigenvalue weighted by Gasteiger charge is -2.09. The number of rotatable bonds is 4. The van der Waals surface area contributed by atoms with Crippen molar-refractivity contribution in [1.29, 1.82) is 0 Å². The Morgan fingerprint density at radius 3 is 2.33 bits per heavy atom. The zero-order chi connectivity index (χ0) is 17.3. The SMILES string of the molecule is O=C(O)c1nnn(Cc2c(F)cccc2F)c1-c1ccc(Cl)cc1. The Hall–Kier alpha value is -2.80. The van der Waals surface area contributed by atoms with E-state index in [4.69, 9.17) is 11.6 Å². The summed E-state index contributed by atoms with van der Waals surface area (Å²) in [4.78, 5) is 11.4. The van der Waals surface area contributed by atoms with Crippen molar-refractivity contribution in [1.82, 2.24) is 15.0 Å². The standard InChI is InChI=1S/C16H10ClF2N3O2/c17-10-6-4-9(5-7-10)15-14(16(23)24)20-21-22(15)8-11-12(18)2-1-3-13(11)19/h1-7H,8H2,(H,23,24). The third-order valence-electron chi connectivity index (χ3n) is 3.42. The van der Waals surface area contributed by atoms with Crippen LogP contribution in [0.25, 0.3) is 11.3 Å². The average molecular weight is 350 g/mol. The van der Waals surface area contributed by atoms with Crippen molar-refractivity contribution >= 4 is 17.6 Å². The van der Waals surface area contributed by atoms with Gasteiger partial charge in [0.05, 0.1) is 6.54 Å². The van der Waals surface area contributed by atoms with E-state index in [0.717, 1.165) is 16.8 Å². The number of carboxylic acids is 1. The van der Waals surface area contributed by atoms with E-state index in [1.54, 1.807) is 24.3 Å². The number of aromatic carboxylic acids is 1. The van der Waals surface area contributed by atoms with Crippen LogP contribution in [0.2, 0.25) is 5.02 Å². The summed E-state index contributed by atoms with van der Waals surface area (Å²) in [6.45, 7) is -0.295. The molecule has 8 heteroatoms. The highest BCUT2D eigenvalue weighted by atomic mass is 35.5. The first kappa shape index (κ1) is 16.1. The number of carbonyl (C=O) groups is 1. The lowest BCUT2D eigenvalue weighted by atomic mass is 10.1. The van der Waals surface area contributed by atoms with Crippen molar-refractivity contribution in [3.8, 4) is 11.3 Å². The Bertz CT molecular complexity index is 890. The maximum Gasteiger partial charge on any atom is 0.358 e. The Labute approximate surface area is 140 Å². The molecule has 1 heterocycles. The van der Waals surface area contributed by atoms with Crippen LogP contribution in [-0.2, 0) is 6.54 Å². The van der Waals surface area contributed by atoms with Crippen molar-refractivity contribution in [2.45, 2.75) is 6.54 Å². The quantitative estimate of drug-likeness (QED) is 0.781. The number of hydrogen-bond donors (Lipinski definition) is 1. The monoisotopic (exact) mass is 349 g/mol. The molecule has 2 aromatic carbocycles. The van der Waals surface area contributed by atoms with Gasteiger partial charge in [0.15, 0.2) is 5.69 Å². The summed E-state index contributed by atoms with van der Waals surface area (Å²) in [5, 5.41) is 17.1. The van der Waals surface area contributed by atoms with E-state index in [1.807, 2.05) is 0 Å². The van der Waals surface area contributed by atoms with E-state index in [0.29, 0.717) is 10.6 Å². The summed E-state index contributed by atoms with van der Waals surface area (Å²) < 4.78 is 28.9. The van der Waals surface area contributed by atoms with Crippen LogP contribution in [0.5, 0.6) is 0 Å². The smallest absolute Gasteiger partial charge is 0.358 e. The molecule has 0 bridgehead atoms. The van der Waals surface area contributed by atoms with Crippen molar-refractivity contribution in [3.63, 3.8) is 0 Å². The van der Waals surface area contributed by atoms with Crippen LogP contribution in [0.1, 0.15) is 16.1 Å². The van der Waals surface area contributed by atoms with Gasteiger partial charge < -0.3 is 5.11 Å². The lowest BCUT2D eigenvalue weighted by molar-refractivity contribution is 0.0691. The van der Waals surface area contributed by atoms with E-state index in [-0.39, 0.29) is 23.5 Å². The molecule has 0 amide bonds. The predicted octanol–water partition coefficient (Wildman–Crippen LogP) is 3.62. The first-order chi connectivity index (χ1) is 11.5. The molecule has 1 aromatic heterocycles. The fourth-order valence-corrected chi connectivity index (χ4v) is 2.42. The van der Waals surface area contributed by atoms with E-state index in [1.165, 1.54) is 6.07 Å². The molecule has 0 radical (unpaired) electrons. The van der Waals surface area contributed by atoms with E-state index >= 15 is 0 Å². The molecule has 3 aromatic rings. The summed E-state index contributed by atoms with van der Waals surface area (Å²) in [6, 6.07) is 9.81. The zero-order valence-corrected chi connectivity index (χ0v) is 12.8. The van der Waals surface area contributed by atoms with Crippen molar-refractivity contribution in [2.24, 2.45) is 0 Å². The first-order valence-corrected chi connectivity index (χ1v) is 7.21. The molecular formula is C16H10ClF2N3O2. The van der Waals surface area contributed by atoms with Gasteiger partial charge in [-0.25, -0.2) is 18.3 Å². The predicted molar refractivity (Wildman–Crippen MR) is 82.9 cm³/mol. The molecule has 0 unspecified atom stereocenters. The normalized spacial score (nSPS) is 10.8. The van der Waals surface area contributed by atoms with Crippen molar-refractivity contribution in [3.05, 3.63) is 70.4 Å². The zero-order valence-electron chi connectivity index (χ0n) is 12.1. The molecular weight excluding hydrogens is 340 g/mol. The molecule has 0 aliphatic carbocycles. The maximum atomic E-state index is 13.9. The van der Waals surface area contributed by atoms with Gasteiger partial charge in [-0.2, -0.15) is 0 Å². The highest BCUT2D eigenvalue weighted by molar-refractivity contribution is 6.30. The van der Waals surface area contributed by atoms with Gasteiger partial charge in [-0.15, -0.1) is 5.10 Å². The van der Waals surface area contributed by atoms with Crippen LogP contribution in [0, 0.1) is 11.6 Å². The van der Waals surface area contributed by atoms with E-state index < -0.39 is 17.6 Å². The van der Waals surface area contributed by atoms with Gasteiger partial charge in [-0.1, -0.05) is 35.0 Å². The summed E-state index contributed by atoms with van der Waals surface area (Å²) in [5.74, 6) is -2.78. The largest absolute Gasteiger partial charge is 0.476 e. The molecule has 0 spiro atoms.